The Balaban J connectivity index is 1.30. The zero-order chi connectivity index (χ0) is 37.4. The smallest absolute Gasteiger partial charge is 0.307 e. The first kappa shape index (κ1) is 42.3. The minimum Gasteiger partial charge on any atom is -0.481 e. The van der Waals surface area contributed by atoms with E-state index in [4.69, 9.17) is 23.9 Å². The number of nitriles is 2. The third-order valence-electron chi connectivity index (χ3n) is 7.44. The highest BCUT2D eigenvalue weighted by molar-refractivity contribution is 7.20. The summed E-state index contributed by atoms with van der Waals surface area (Å²) in [4.78, 5) is 31.5. The number of hydrogen-bond donors (Lipinski definition) is 1. The van der Waals surface area contributed by atoms with E-state index in [1.54, 1.807) is 0 Å². The van der Waals surface area contributed by atoms with Gasteiger partial charge in [0.05, 0.1) is 56.9 Å². The van der Waals surface area contributed by atoms with Crippen molar-refractivity contribution < 1.29 is 33.6 Å². The maximum atomic E-state index is 12.1. The quantitative estimate of drug-likeness (QED) is 0.0341. The predicted octanol–water partition coefficient (Wildman–Crippen LogP) is 7.91. The van der Waals surface area contributed by atoms with Gasteiger partial charge >= 0.3 is 11.9 Å². The number of rotatable bonds is 27. The molecule has 0 saturated carbocycles. The van der Waals surface area contributed by atoms with Crippen molar-refractivity contribution in [3.8, 4) is 22.7 Å². The van der Waals surface area contributed by atoms with Gasteiger partial charge in [-0.3, -0.25) is 9.59 Å². The highest BCUT2D eigenvalue weighted by atomic mass is 32.1. The van der Waals surface area contributed by atoms with Gasteiger partial charge in [0, 0.05) is 13.1 Å². The molecule has 0 bridgehead atoms. The molecule has 1 atom stereocenters. The molecule has 3 aromatic heterocycles. The Morgan fingerprint density at radius 1 is 0.981 bits per heavy atom. The second-order valence-electron chi connectivity index (χ2n) is 11.2. The lowest BCUT2D eigenvalue weighted by Crippen LogP contribution is -2.27. The fourth-order valence-electron chi connectivity index (χ4n) is 4.61. The van der Waals surface area contributed by atoms with Crippen molar-refractivity contribution in [1.29, 1.82) is 10.5 Å². The molecule has 0 aliphatic carbocycles. The fourth-order valence-corrected chi connectivity index (χ4v) is 7.01. The van der Waals surface area contributed by atoms with E-state index in [0.717, 1.165) is 34.4 Å². The van der Waals surface area contributed by atoms with Gasteiger partial charge in [0.1, 0.15) is 30.0 Å². The van der Waals surface area contributed by atoms with Crippen LogP contribution in [0.15, 0.2) is 39.9 Å². The standard InChI is InChI=1S/C35H45N7O7S3/c1-3-5-6-7-8-9-10-12-26(34(44)45)23-30(43)49-21-20-48-19-18-47-17-16-46-15-14-42(4-2)35-38-31(29-13-11-22-50-29)33(51-35)40-39-32-27(24-36)28(25-37)41-52-32/h9-11,13,22,26H,3-8,12,14-21,23H2,1-2H3,(H,44,45)/b10-9+,40-39+. The lowest BCUT2D eigenvalue weighted by molar-refractivity contribution is -0.152. The molecule has 0 fully saturated rings. The molecule has 0 aliphatic rings. The zero-order valence-corrected chi connectivity index (χ0v) is 32.0. The molecule has 0 spiro atoms. The molecular weight excluding hydrogens is 727 g/mol. The number of aliphatic carboxylic acids is 1. The largest absolute Gasteiger partial charge is 0.481 e. The van der Waals surface area contributed by atoms with Gasteiger partial charge in [0.2, 0.25) is 0 Å². The third-order valence-corrected chi connectivity index (χ3v) is 10.1. The van der Waals surface area contributed by atoms with Crippen LogP contribution in [0.2, 0.25) is 0 Å². The van der Waals surface area contributed by atoms with Crippen molar-refractivity contribution in [3.05, 3.63) is 40.9 Å². The van der Waals surface area contributed by atoms with Crippen LogP contribution in [0.1, 0.15) is 70.1 Å². The van der Waals surface area contributed by atoms with Crippen LogP contribution in [0.25, 0.3) is 10.6 Å². The lowest BCUT2D eigenvalue weighted by Gasteiger charge is -2.19. The Morgan fingerprint density at radius 2 is 1.71 bits per heavy atom. The number of carbonyl (C=O) groups excluding carboxylic acids is 1. The Labute approximate surface area is 316 Å². The van der Waals surface area contributed by atoms with E-state index in [1.165, 1.54) is 41.9 Å². The summed E-state index contributed by atoms with van der Waals surface area (Å²) >= 11 is 3.87. The Kier molecular flexibility index (Phi) is 20.3. The number of carbonyl (C=O) groups is 2. The minimum atomic E-state index is -1.01. The normalized spacial score (nSPS) is 11.9. The monoisotopic (exact) mass is 771 g/mol. The summed E-state index contributed by atoms with van der Waals surface area (Å²) in [5.74, 6) is -2.36. The van der Waals surface area contributed by atoms with Gasteiger partial charge in [0.15, 0.2) is 20.8 Å². The summed E-state index contributed by atoms with van der Waals surface area (Å²) < 4.78 is 25.9. The zero-order valence-electron chi connectivity index (χ0n) is 29.5. The van der Waals surface area contributed by atoms with Gasteiger partial charge < -0.3 is 29.0 Å². The van der Waals surface area contributed by atoms with Crippen LogP contribution >= 0.6 is 34.2 Å². The number of ether oxygens (including phenoxy) is 4. The number of unbranched alkanes of at least 4 members (excludes halogenated alkanes) is 4. The van der Waals surface area contributed by atoms with Gasteiger partial charge in [-0.15, -0.1) is 21.6 Å². The Morgan fingerprint density at radius 3 is 2.37 bits per heavy atom. The second kappa shape index (κ2) is 25.0. The molecule has 0 aliphatic heterocycles. The molecule has 17 heteroatoms. The highest BCUT2D eigenvalue weighted by Gasteiger charge is 2.21. The first-order valence-electron chi connectivity index (χ1n) is 17.2. The molecular formula is C35H45N7O7S3. The molecule has 0 amide bonds. The summed E-state index contributed by atoms with van der Waals surface area (Å²) in [6, 6.07) is 7.77. The van der Waals surface area contributed by atoms with E-state index < -0.39 is 17.9 Å². The van der Waals surface area contributed by atoms with Crippen LogP contribution in [0, 0.1) is 28.6 Å². The number of carboxylic acids is 1. The van der Waals surface area contributed by atoms with Gasteiger partial charge in [-0.25, -0.2) is 4.98 Å². The molecule has 3 heterocycles. The van der Waals surface area contributed by atoms with Crippen molar-refractivity contribution in [2.45, 2.75) is 58.8 Å². The van der Waals surface area contributed by atoms with Crippen molar-refractivity contribution in [2.75, 3.05) is 64.2 Å². The molecule has 0 radical (unpaired) electrons. The number of thiazole rings is 1. The van der Waals surface area contributed by atoms with Crippen LogP contribution in [0.5, 0.6) is 0 Å². The third kappa shape index (κ3) is 14.9. The van der Waals surface area contributed by atoms with Gasteiger partial charge in [-0.2, -0.15) is 14.9 Å². The molecule has 1 N–H and O–H groups in total. The van der Waals surface area contributed by atoms with Gasteiger partial charge in [-0.1, -0.05) is 55.7 Å². The summed E-state index contributed by atoms with van der Waals surface area (Å²) in [5, 5.41) is 40.2. The maximum Gasteiger partial charge on any atom is 0.307 e. The number of likely N-dealkylation sites (N-methyl/N-ethyl adjacent to an activating group) is 1. The number of anilines is 1. The number of azo groups is 1. The number of carboxylic acid groups (broad SMARTS) is 1. The van der Waals surface area contributed by atoms with Crippen molar-refractivity contribution in [3.63, 3.8) is 0 Å². The van der Waals surface area contributed by atoms with E-state index in [-0.39, 0.29) is 35.9 Å². The van der Waals surface area contributed by atoms with Gasteiger partial charge in [0.25, 0.3) is 0 Å². The highest BCUT2D eigenvalue weighted by Crippen LogP contribution is 2.42. The molecule has 14 nitrogen and oxygen atoms in total. The summed E-state index contributed by atoms with van der Waals surface area (Å²) in [6.45, 7) is 7.60. The number of nitrogens with zero attached hydrogens (tertiary/aromatic N) is 7. The van der Waals surface area contributed by atoms with Crippen LogP contribution in [-0.2, 0) is 28.5 Å². The fraction of sp³-hybridized carbons (Fsp3) is 0.543. The first-order chi connectivity index (χ1) is 25.4. The molecule has 1 unspecified atom stereocenters. The molecule has 3 aromatic rings. The summed E-state index contributed by atoms with van der Waals surface area (Å²) in [7, 11) is 0. The second-order valence-corrected chi connectivity index (χ2v) is 13.9. The lowest BCUT2D eigenvalue weighted by atomic mass is 10.0. The number of esters is 1. The molecule has 280 valence electrons. The molecule has 0 saturated heterocycles. The van der Waals surface area contributed by atoms with Crippen LogP contribution in [0.3, 0.4) is 0 Å². The van der Waals surface area contributed by atoms with Crippen LogP contribution in [0.4, 0.5) is 15.1 Å². The van der Waals surface area contributed by atoms with Gasteiger partial charge in [-0.05, 0) is 49.2 Å². The Bertz CT molecular complexity index is 1640. The van der Waals surface area contributed by atoms with Crippen LogP contribution < -0.4 is 4.90 Å². The number of aromatic nitrogens is 2. The average molecular weight is 772 g/mol. The average Bonchev–Trinajstić information content (AvgIpc) is 3.92. The van der Waals surface area contributed by atoms with Crippen LogP contribution in [-0.4, -0.2) is 85.7 Å². The van der Waals surface area contributed by atoms with E-state index in [0.29, 0.717) is 63.2 Å². The van der Waals surface area contributed by atoms with Crippen molar-refractivity contribution in [2.24, 2.45) is 16.1 Å². The van der Waals surface area contributed by atoms with E-state index in [9.17, 15) is 25.2 Å². The molecule has 0 aromatic carbocycles. The number of allylic oxidation sites excluding steroid dienone is 2. The van der Waals surface area contributed by atoms with E-state index in [2.05, 4.69) is 26.4 Å². The molecule has 52 heavy (non-hydrogen) atoms. The minimum absolute atomic E-state index is 0.0354. The van der Waals surface area contributed by atoms with E-state index in [1.807, 2.05) is 48.7 Å². The SMILES string of the molecule is CCCCCC/C=C/CC(CC(=O)OCCOCCOCCOCCN(CC)c1nc(-c2cccs2)c(/N=N/c2snc(C#N)c2C#N)s1)C(=O)O. The summed E-state index contributed by atoms with van der Waals surface area (Å²) in [6.07, 6.45) is 9.50. The van der Waals surface area contributed by atoms with E-state index >= 15 is 0 Å². The predicted molar refractivity (Wildman–Crippen MR) is 201 cm³/mol. The number of thiophene rings is 1. The van der Waals surface area contributed by atoms with Crippen molar-refractivity contribution >= 4 is 61.3 Å². The maximum absolute atomic E-state index is 12.1. The summed E-state index contributed by atoms with van der Waals surface area (Å²) in [5.41, 5.74) is 0.832. The van der Waals surface area contributed by atoms with Crippen molar-refractivity contribution in [1.82, 2.24) is 9.36 Å². The first-order valence-corrected chi connectivity index (χ1v) is 19.7. The Hall–Kier alpha value is -4.10. The number of hydrogen-bond acceptors (Lipinski definition) is 16. The molecule has 3 rings (SSSR count). The topological polar surface area (TPSA) is 193 Å².